The van der Waals surface area contributed by atoms with E-state index in [2.05, 4.69) is 19.2 Å². The molecule has 0 saturated heterocycles. The quantitative estimate of drug-likeness (QED) is 0.803. The van der Waals surface area contributed by atoms with E-state index in [-0.39, 0.29) is 11.9 Å². The van der Waals surface area contributed by atoms with Crippen LogP contribution in [0.4, 0.5) is 5.69 Å². The van der Waals surface area contributed by atoms with Crippen LogP contribution in [0.25, 0.3) is 0 Å². The van der Waals surface area contributed by atoms with Crippen LogP contribution in [0, 0.1) is 18.8 Å². The molecule has 0 spiro atoms. The van der Waals surface area contributed by atoms with Crippen molar-refractivity contribution in [2.45, 2.75) is 46.1 Å². The Bertz CT molecular complexity index is 470. The van der Waals surface area contributed by atoms with Crippen molar-refractivity contribution in [1.82, 2.24) is 5.32 Å². The third-order valence-electron chi connectivity index (χ3n) is 4.20. The normalized spacial score (nSPS) is 27.0. The van der Waals surface area contributed by atoms with Crippen LogP contribution in [-0.2, 0) is 0 Å². The van der Waals surface area contributed by atoms with E-state index >= 15 is 0 Å². The highest BCUT2D eigenvalue weighted by molar-refractivity contribution is 5.99. The largest absolute Gasteiger partial charge is 0.398 e. The molecule has 3 unspecified atom stereocenters. The van der Waals surface area contributed by atoms with E-state index in [1.807, 2.05) is 25.1 Å². The van der Waals surface area contributed by atoms with E-state index in [1.54, 1.807) is 0 Å². The molecule has 1 aromatic rings. The Morgan fingerprint density at radius 1 is 1.32 bits per heavy atom. The molecule has 0 radical (unpaired) electrons. The monoisotopic (exact) mass is 260 g/mol. The SMILES string of the molecule is Cc1ccc(C(=O)NC2CCC(C)CC2C)c(N)c1. The number of hydrogen-bond donors (Lipinski definition) is 2. The number of anilines is 1. The Morgan fingerprint density at radius 2 is 2.05 bits per heavy atom. The molecule has 1 fully saturated rings. The summed E-state index contributed by atoms with van der Waals surface area (Å²) in [7, 11) is 0. The fourth-order valence-corrected chi connectivity index (χ4v) is 3.01. The molecule has 3 atom stereocenters. The molecule has 19 heavy (non-hydrogen) atoms. The van der Waals surface area contributed by atoms with Gasteiger partial charge < -0.3 is 11.1 Å². The van der Waals surface area contributed by atoms with Crippen LogP contribution in [0.3, 0.4) is 0 Å². The predicted molar refractivity (Wildman–Crippen MR) is 79.0 cm³/mol. The zero-order valence-corrected chi connectivity index (χ0v) is 12.1. The van der Waals surface area contributed by atoms with Crippen LogP contribution >= 0.6 is 0 Å². The van der Waals surface area contributed by atoms with Gasteiger partial charge in [-0.05, 0) is 55.7 Å². The van der Waals surface area contributed by atoms with Gasteiger partial charge in [0.05, 0.1) is 5.56 Å². The van der Waals surface area contributed by atoms with Crippen molar-refractivity contribution in [2.75, 3.05) is 5.73 Å². The molecule has 0 heterocycles. The first-order valence-electron chi connectivity index (χ1n) is 7.14. The maximum atomic E-state index is 12.3. The smallest absolute Gasteiger partial charge is 0.253 e. The molecule has 3 N–H and O–H groups in total. The van der Waals surface area contributed by atoms with Gasteiger partial charge in [0, 0.05) is 11.7 Å². The van der Waals surface area contributed by atoms with Gasteiger partial charge in [-0.2, -0.15) is 0 Å². The maximum absolute atomic E-state index is 12.3. The number of aryl methyl sites for hydroxylation is 1. The Hall–Kier alpha value is -1.51. The van der Waals surface area contributed by atoms with Crippen LogP contribution in [-0.4, -0.2) is 11.9 Å². The summed E-state index contributed by atoms with van der Waals surface area (Å²) >= 11 is 0. The van der Waals surface area contributed by atoms with E-state index < -0.39 is 0 Å². The van der Waals surface area contributed by atoms with Crippen LogP contribution in [0.2, 0.25) is 0 Å². The maximum Gasteiger partial charge on any atom is 0.253 e. The van der Waals surface area contributed by atoms with Gasteiger partial charge in [-0.3, -0.25) is 4.79 Å². The van der Waals surface area contributed by atoms with Crippen molar-refractivity contribution in [3.63, 3.8) is 0 Å². The first-order chi connectivity index (χ1) is 8.97. The van der Waals surface area contributed by atoms with Gasteiger partial charge in [-0.15, -0.1) is 0 Å². The minimum atomic E-state index is -0.0381. The molecule has 3 heteroatoms. The molecule has 2 rings (SSSR count). The van der Waals surface area contributed by atoms with Gasteiger partial charge in [-0.25, -0.2) is 0 Å². The summed E-state index contributed by atoms with van der Waals surface area (Å²) in [6.07, 6.45) is 3.45. The highest BCUT2D eigenvalue weighted by Crippen LogP contribution is 2.29. The summed E-state index contributed by atoms with van der Waals surface area (Å²) in [5.41, 5.74) is 8.16. The number of nitrogen functional groups attached to an aromatic ring is 1. The van der Waals surface area contributed by atoms with Crippen molar-refractivity contribution in [1.29, 1.82) is 0 Å². The summed E-state index contributed by atoms with van der Waals surface area (Å²) in [4.78, 5) is 12.3. The number of hydrogen-bond acceptors (Lipinski definition) is 2. The average Bonchev–Trinajstić information content (AvgIpc) is 2.32. The van der Waals surface area contributed by atoms with Gasteiger partial charge in [0.1, 0.15) is 0 Å². The number of carbonyl (C=O) groups excluding carboxylic acids is 1. The van der Waals surface area contributed by atoms with Gasteiger partial charge in [0.25, 0.3) is 5.91 Å². The highest BCUT2D eigenvalue weighted by atomic mass is 16.1. The van der Waals surface area contributed by atoms with E-state index in [1.165, 1.54) is 12.8 Å². The van der Waals surface area contributed by atoms with Gasteiger partial charge >= 0.3 is 0 Å². The van der Waals surface area contributed by atoms with E-state index in [9.17, 15) is 4.79 Å². The second-order valence-electron chi connectivity index (χ2n) is 6.07. The standard InChI is InChI=1S/C16H24N2O/c1-10-5-7-15(12(3)8-10)18-16(19)13-6-4-11(2)9-14(13)17/h4,6,9-10,12,15H,5,7-8,17H2,1-3H3,(H,18,19). The lowest BCUT2D eigenvalue weighted by atomic mass is 9.80. The minimum Gasteiger partial charge on any atom is -0.398 e. The Balaban J connectivity index is 2.04. The molecule has 1 aliphatic carbocycles. The van der Waals surface area contributed by atoms with Gasteiger partial charge in [0.2, 0.25) is 0 Å². The third kappa shape index (κ3) is 3.28. The number of rotatable bonds is 2. The number of benzene rings is 1. The summed E-state index contributed by atoms with van der Waals surface area (Å²) in [5, 5.41) is 3.15. The lowest BCUT2D eigenvalue weighted by molar-refractivity contribution is 0.0900. The van der Waals surface area contributed by atoms with Gasteiger partial charge in [-0.1, -0.05) is 19.9 Å². The number of amides is 1. The van der Waals surface area contributed by atoms with Crippen LogP contribution in [0.1, 0.15) is 49.0 Å². The molecular weight excluding hydrogens is 236 g/mol. The first kappa shape index (κ1) is 13.9. The zero-order chi connectivity index (χ0) is 14.0. The lowest BCUT2D eigenvalue weighted by Gasteiger charge is -2.33. The molecule has 104 valence electrons. The van der Waals surface area contributed by atoms with E-state index in [4.69, 9.17) is 5.73 Å². The average molecular weight is 260 g/mol. The van der Waals surface area contributed by atoms with Crippen LogP contribution < -0.4 is 11.1 Å². The number of carbonyl (C=O) groups is 1. The number of nitrogens with two attached hydrogens (primary N) is 1. The molecule has 0 aliphatic heterocycles. The van der Waals surface area contributed by atoms with E-state index in [0.29, 0.717) is 17.2 Å². The molecule has 1 saturated carbocycles. The summed E-state index contributed by atoms with van der Waals surface area (Å²) < 4.78 is 0. The molecule has 0 aromatic heterocycles. The third-order valence-corrected chi connectivity index (χ3v) is 4.20. The van der Waals surface area contributed by atoms with Crippen LogP contribution in [0.15, 0.2) is 18.2 Å². The van der Waals surface area contributed by atoms with Crippen molar-refractivity contribution < 1.29 is 4.79 Å². The highest BCUT2D eigenvalue weighted by Gasteiger charge is 2.27. The first-order valence-corrected chi connectivity index (χ1v) is 7.14. The second-order valence-corrected chi connectivity index (χ2v) is 6.07. The molecule has 0 bridgehead atoms. The van der Waals surface area contributed by atoms with Crippen LogP contribution in [0.5, 0.6) is 0 Å². The molecule has 1 aromatic carbocycles. The minimum absolute atomic E-state index is 0.0381. The topological polar surface area (TPSA) is 55.1 Å². The van der Waals surface area contributed by atoms with Gasteiger partial charge in [0.15, 0.2) is 0 Å². The Labute approximate surface area is 115 Å². The Kier molecular flexibility index (Phi) is 4.13. The molecule has 3 nitrogen and oxygen atoms in total. The van der Waals surface area contributed by atoms with Crippen molar-refractivity contribution in [2.24, 2.45) is 11.8 Å². The van der Waals surface area contributed by atoms with Crippen molar-refractivity contribution >= 4 is 11.6 Å². The predicted octanol–water partition coefficient (Wildman–Crippen LogP) is 3.13. The van der Waals surface area contributed by atoms with Crippen molar-refractivity contribution in [3.05, 3.63) is 29.3 Å². The fourth-order valence-electron chi connectivity index (χ4n) is 3.01. The lowest BCUT2D eigenvalue weighted by Crippen LogP contribution is -2.42. The summed E-state index contributed by atoms with van der Waals surface area (Å²) in [5.74, 6) is 1.27. The molecular formula is C16H24N2O. The van der Waals surface area contributed by atoms with Crippen molar-refractivity contribution in [3.8, 4) is 0 Å². The second kappa shape index (κ2) is 5.64. The number of nitrogens with one attached hydrogen (secondary N) is 1. The summed E-state index contributed by atoms with van der Waals surface area (Å²) in [6.45, 7) is 6.48. The molecule has 1 aliphatic rings. The van der Waals surface area contributed by atoms with E-state index in [0.717, 1.165) is 17.9 Å². The summed E-state index contributed by atoms with van der Waals surface area (Å²) in [6, 6.07) is 5.87. The fraction of sp³-hybridized carbons (Fsp3) is 0.562. The molecule has 1 amide bonds. The zero-order valence-electron chi connectivity index (χ0n) is 12.1. The Morgan fingerprint density at radius 3 is 2.68 bits per heavy atom.